The topological polar surface area (TPSA) is 17.8 Å². The van der Waals surface area contributed by atoms with Gasteiger partial charge in [-0.2, -0.15) is 0 Å². The van der Waals surface area contributed by atoms with Gasteiger partial charge in [0.2, 0.25) is 0 Å². The van der Waals surface area contributed by atoms with Crippen LogP contribution in [-0.2, 0) is 0 Å². The van der Waals surface area contributed by atoms with E-state index in [9.17, 15) is 4.39 Å². The lowest BCUT2D eigenvalue weighted by Crippen LogP contribution is -2.10. The predicted molar refractivity (Wildman–Crippen MR) is 76.0 cm³/mol. The smallest absolute Gasteiger partial charge is 0.127 e. The Bertz CT molecular complexity index is 605. The molecule has 1 fully saturated rings. The van der Waals surface area contributed by atoms with Crippen LogP contribution in [0, 0.1) is 11.7 Å². The van der Waals surface area contributed by atoms with Gasteiger partial charge in [-0.25, -0.2) is 9.37 Å². The molecule has 1 aromatic heterocycles. The normalized spacial score (nSPS) is 25.1. The summed E-state index contributed by atoms with van der Waals surface area (Å²) >= 11 is 6.26. The van der Waals surface area contributed by atoms with E-state index in [-0.39, 0.29) is 11.2 Å². The average Bonchev–Trinajstić information content (AvgIpc) is 2.92. The van der Waals surface area contributed by atoms with Crippen molar-refractivity contribution in [2.75, 3.05) is 0 Å². The second-order valence-electron chi connectivity index (χ2n) is 5.66. The van der Waals surface area contributed by atoms with Gasteiger partial charge in [0, 0.05) is 6.04 Å². The first-order chi connectivity index (χ1) is 9.06. The minimum Gasteiger partial charge on any atom is -0.324 e. The summed E-state index contributed by atoms with van der Waals surface area (Å²) in [5.41, 5.74) is 1.71. The summed E-state index contributed by atoms with van der Waals surface area (Å²) in [6.45, 7) is 4.19. The summed E-state index contributed by atoms with van der Waals surface area (Å²) in [6, 6.07) is 5.17. The Balaban J connectivity index is 2.18. The molecular weight excluding hydrogens is 263 g/mol. The van der Waals surface area contributed by atoms with Crippen LogP contribution < -0.4 is 0 Å². The molecule has 1 aliphatic carbocycles. The van der Waals surface area contributed by atoms with E-state index in [0.717, 1.165) is 35.6 Å². The number of hydrogen-bond donors (Lipinski definition) is 0. The first-order valence-electron chi connectivity index (χ1n) is 6.87. The molecule has 1 heterocycles. The summed E-state index contributed by atoms with van der Waals surface area (Å²) in [5.74, 6) is 1.37. The fraction of sp³-hybridized carbons (Fsp3) is 0.533. The molecule has 102 valence electrons. The SMILES string of the molecule is CC1CCC(n2c(C(C)Cl)nc3ccc(F)cc32)C1. The fourth-order valence-electron chi connectivity index (χ4n) is 3.16. The van der Waals surface area contributed by atoms with Crippen LogP contribution in [0.2, 0.25) is 0 Å². The molecule has 1 aliphatic rings. The van der Waals surface area contributed by atoms with Crippen LogP contribution in [0.4, 0.5) is 4.39 Å². The lowest BCUT2D eigenvalue weighted by Gasteiger charge is -2.17. The first-order valence-corrected chi connectivity index (χ1v) is 7.31. The van der Waals surface area contributed by atoms with Gasteiger partial charge in [0.15, 0.2) is 0 Å². The summed E-state index contributed by atoms with van der Waals surface area (Å²) in [4.78, 5) is 4.59. The first kappa shape index (κ1) is 12.9. The standard InChI is InChI=1S/C15H18ClFN2/c1-9-3-5-12(7-9)19-14-8-11(17)4-6-13(14)18-15(19)10(2)16/h4,6,8-10,12H,3,5,7H2,1-2H3. The number of fused-ring (bicyclic) bond motifs is 1. The van der Waals surface area contributed by atoms with E-state index in [2.05, 4.69) is 16.5 Å². The molecule has 2 nitrogen and oxygen atoms in total. The number of imidazole rings is 1. The molecule has 0 saturated heterocycles. The summed E-state index contributed by atoms with van der Waals surface area (Å²) in [7, 11) is 0. The lowest BCUT2D eigenvalue weighted by atomic mass is 10.1. The van der Waals surface area contributed by atoms with E-state index >= 15 is 0 Å². The molecule has 3 atom stereocenters. The molecule has 0 bridgehead atoms. The third-order valence-corrected chi connectivity index (χ3v) is 4.26. The molecule has 4 heteroatoms. The second-order valence-corrected chi connectivity index (χ2v) is 6.32. The maximum absolute atomic E-state index is 13.5. The third kappa shape index (κ3) is 2.25. The van der Waals surface area contributed by atoms with Crippen molar-refractivity contribution in [1.82, 2.24) is 9.55 Å². The number of halogens is 2. The lowest BCUT2D eigenvalue weighted by molar-refractivity contribution is 0.487. The summed E-state index contributed by atoms with van der Waals surface area (Å²) in [5, 5.41) is -0.161. The highest BCUT2D eigenvalue weighted by molar-refractivity contribution is 6.20. The zero-order chi connectivity index (χ0) is 13.6. The van der Waals surface area contributed by atoms with Crippen molar-refractivity contribution in [2.45, 2.75) is 44.5 Å². The van der Waals surface area contributed by atoms with Crippen LogP contribution in [0.15, 0.2) is 18.2 Å². The molecule has 1 aromatic carbocycles. The fourth-order valence-corrected chi connectivity index (χ4v) is 3.31. The van der Waals surface area contributed by atoms with Crippen molar-refractivity contribution in [2.24, 2.45) is 5.92 Å². The Morgan fingerprint density at radius 2 is 2.21 bits per heavy atom. The average molecular weight is 281 g/mol. The van der Waals surface area contributed by atoms with Crippen molar-refractivity contribution in [3.8, 4) is 0 Å². The van der Waals surface area contributed by atoms with E-state index in [1.807, 2.05) is 6.92 Å². The monoisotopic (exact) mass is 280 g/mol. The van der Waals surface area contributed by atoms with E-state index in [4.69, 9.17) is 11.6 Å². The number of rotatable bonds is 2. The van der Waals surface area contributed by atoms with E-state index in [1.165, 1.54) is 12.5 Å². The van der Waals surface area contributed by atoms with Crippen LogP contribution >= 0.6 is 11.6 Å². The van der Waals surface area contributed by atoms with Crippen molar-refractivity contribution in [3.63, 3.8) is 0 Å². The van der Waals surface area contributed by atoms with Gasteiger partial charge in [0.1, 0.15) is 11.6 Å². The number of nitrogens with zero attached hydrogens (tertiary/aromatic N) is 2. The van der Waals surface area contributed by atoms with Crippen LogP contribution in [-0.4, -0.2) is 9.55 Å². The maximum Gasteiger partial charge on any atom is 0.127 e. The highest BCUT2D eigenvalue weighted by atomic mass is 35.5. The third-order valence-electron chi connectivity index (χ3n) is 4.07. The van der Waals surface area contributed by atoms with Gasteiger partial charge >= 0.3 is 0 Å². The largest absolute Gasteiger partial charge is 0.324 e. The second kappa shape index (κ2) is 4.78. The van der Waals surface area contributed by atoms with Gasteiger partial charge < -0.3 is 4.57 Å². The van der Waals surface area contributed by atoms with E-state index in [1.54, 1.807) is 12.1 Å². The Hall–Kier alpha value is -1.09. The van der Waals surface area contributed by atoms with Crippen molar-refractivity contribution >= 4 is 22.6 Å². The summed E-state index contributed by atoms with van der Waals surface area (Å²) < 4.78 is 15.7. The number of aromatic nitrogens is 2. The molecule has 0 N–H and O–H groups in total. The van der Waals surface area contributed by atoms with Gasteiger partial charge in [-0.3, -0.25) is 0 Å². The summed E-state index contributed by atoms with van der Waals surface area (Å²) in [6.07, 6.45) is 3.47. The molecular formula is C15H18ClFN2. The van der Waals surface area contributed by atoms with Gasteiger partial charge in [-0.05, 0) is 50.3 Å². The zero-order valence-corrected chi connectivity index (χ0v) is 12.0. The molecule has 0 amide bonds. The molecule has 1 saturated carbocycles. The zero-order valence-electron chi connectivity index (χ0n) is 11.2. The molecule has 3 unspecified atom stereocenters. The van der Waals surface area contributed by atoms with Crippen molar-refractivity contribution in [1.29, 1.82) is 0 Å². The van der Waals surface area contributed by atoms with Gasteiger partial charge in [0.25, 0.3) is 0 Å². The molecule has 0 spiro atoms. The highest BCUT2D eigenvalue weighted by Gasteiger charge is 2.27. The number of alkyl halides is 1. The molecule has 2 aromatic rings. The minimum atomic E-state index is -0.214. The van der Waals surface area contributed by atoms with Crippen LogP contribution in [0.25, 0.3) is 11.0 Å². The van der Waals surface area contributed by atoms with Crippen LogP contribution in [0.3, 0.4) is 0 Å². The van der Waals surface area contributed by atoms with Gasteiger partial charge in [-0.15, -0.1) is 11.6 Å². The Labute approximate surface area is 117 Å². The maximum atomic E-state index is 13.5. The van der Waals surface area contributed by atoms with E-state index in [0.29, 0.717) is 6.04 Å². The Kier molecular flexibility index (Phi) is 3.25. The predicted octanol–water partition coefficient (Wildman–Crippen LogP) is 4.84. The van der Waals surface area contributed by atoms with Crippen LogP contribution in [0.5, 0.6) is 0 Å². The molecule has 3 rings (SSSR count). The molecule has 19 heavy (non-hydrogen) atoms. The van der Waals surface area contributed by atoms with Crippen molar-refractivity contribution in [3.05, 3.63) is 29.8 Å². The number of hydrogen-bond acceptors (Lipinski definition) is 1. The molecule has 0 radical (unpaired) electrons. The quantitative estimate of drug-likeness (QED) is 0.720. The number of benzene rings is 1. The Morgan fingerprint density at radius 3 is 2.84 bits per heavy atom. The minimum absolute atomic E-state index is 0.161. The van der Waals surface area contributed by atoms with Crippen LogP contribution in [0.1, 0.15) is 50.4 Å². The molecule has 0 aliphatic heterocycles. The Morgan fingerprint density at radius 1 is 1.42 bits per heavy atom. The van der Waals surface area contributed by atoms with Gasteiger partial charge in [-0.1, -0.05) is 6.92 Å². The van der Waals surface area contributed by atoms with Gasteiger partial charge in [0.05, 0.1) is 16.4 Å². The van der Waals surface area contributed by atoms with E-state index < -0.39 is 0 Å². The van der Waals surface area contributed by atoms with Crippen molar-refractivity contribution < 1.29 is 4.39 Å². The highest BCUT2D eigenvalue weighted by Crippen LogP contribution is 2.39.